The lowest BCUT2D eigenvalue weighted by Gasteiger charge is -2.48. The summed E-state index contributed by atoms with van der Waals surface area (Å²) >= 11 is 0. The van der Waals surface area contributed by atoms with Crippen LogP contribution in [0.3, 0.4) is 0 Å². The Morgan fingerprint density at radius 2 is 1.19 bits per heavy atom. The highest BCUT2D eigenvalue weighted by Gasteiger charge is 2.54. The van der Waals surface area contributed by atoms with Gasteiger partial charge in [-0.05, 0) is 99.0 Å². The van der Waals surface area contributed by atoms with Gasteiger partial charge in [0.05, 0.1) is 31.8 Å². The molecule has 2 aliphatic heterocycles. The molecule has 0 radical (unpaired) electrons. The van der Waals surface area contributed by atoms with Gasteiger partial charge in [0.2, 0.25) is 12.2 Å². The predicted octanol–water partition coefficient (Wildman–Crippen LogP) is 11.0. The van der Waals surface area contributed by atoms with Crippen molar-refractivity contribution in [2.75, 3.05) is 11.5 Å². The van der Waals surface area contributed by atoms with Crippen LogP contribution in [0.25, 0.3) is 0 Å². The molecule has 0 bridgehead atoms. The first-order valence-electron chi connectivity index (χ1n) is 25.5. The Labute approximate surface area is 438 Å². The molecule has 0 aliphatic carbocycles. The smallest absolute Gasteiger partial charge is 0.303 e. The summed E-state index contributed by atoms with van der Waals surface area (Å²) in [6, 6.07) is 58.4. The number of hydrogen-bond acceptors (Lipinski definition) is 9. The molecule has 0 spiro atoms. The molecule has 13 heteroatoms. The second-order valence-electron chi connectivity index (χ2n) is 20.2. The summed E-state index contributed by atoms with van der Waals surface area (Å²) in [4.78, 5) is 28.0. The van der Waals surface area contributed by atoms with Crippen LogP contribution in [-0.2, 0) is 46.2 Å². The van der Waals surface area contributed by atoms with Crippen LogP contribution in [0.15, 0.2) is 194 Å². The van der Waals surface area contributed by atoms with Crippen molar-refractivity contribution < 1.29 is 51.6 Å². The van der Waals surface area contributed by atoms with Crippen molar-refractivity contribution >= 4 is 36.3 Å². The van der Waals surface area contributed by atoms with E-state index in [1.54, 1.807) is 41.3 Å². The Hall–Kier alpha value is -6.84. The first-order chi connectivity index (χ1) is 36.3. The summed E-state index contributed by atoms with van der Waals surface area (Å²) in [6.07, 6.45) is -5.26. The Balaban J connectivity index is 1.04. The molecule has 1 N–H and O–H groups in total. The van der Waals surface area contributed by atoms with Gasteiger partial charge < -0.3 is 38.1 Å². The van der Waals surface area contributed by atoms with Gasteiger partial charge in [-0.3, -0.25) is 9.59 Å². The van der Waals surface area contributed by atoms with Crippen molar-refractivity contribution in [3.05, 3.63) is 228 Å². The van der Waals surface area contributed by atoms with Gasteiger partial charge in [-0.1, -0.05) is 166 Å². The number of amides is 1. The maximum Gasteiger partial charge on any atom is 0.303 e. The average molecular weight is 1030 g/mol. The SMILES string of the molecule is CC(=O)O[C@@H](CC[C@H]1C(=O)N(c2ccc(F)cc2)[C@@H]1c1ccc(O[C@@H]2O[C@H](CO[Si](c3ccccc3)(c3ccccc3)C(C)(C)C)[C@@H](O)[C@H](OCc3ccccc3)[C@H]2OCc2ccccc2)cc1)c1ccc(F)cc1. The number of carbonyl (C=O) groups is 2. The standard InChI is InChI=1S/C62H63F2NO9Si/c1-42(66)72-54(45-25-29-47(63)30-26-45)38-37-53-56(65(60(53)68)49-33-31-48(64)32-34-49)46-27-35-50(36-28-46)73-61-59(70-40-44-19-11-6-12-20-44)58(69-39-43-17-9-5-10-18-43)57(67)55(74-61)41-71-75(62(2,3)4,51-21-13-7-14-22-51)52-23-15-8-16-24-52/h5-36,53-59,61,67H,37-41H2,1-4H3/t53-,54+,55-,56-,57-,58+,59-,61-/m1/s1. The molecule has 2 saturated heterocycles. The number of benzene rings is 7. The Kier molecular flexibility index (Phi) is 16.8. The fraction of sp³-hybridized carbons (Fsp3) is 0.290. The molecule has 75 heavy (non-hydrogen) atoms. The second-order valence-corrected chi connectivity index (χ2v) is 24.5. The van der Waals surface area contributed by atoms with Crippen LogP contribution < -0.4 is 20.0 Å². The summed E-state index contributed by atoms with van der Waals surface area (Å²) < 4.78 is 68.4. The van der Waals surface area contributed by atoms with E-state index in [0.29, 0.717) is 29.8 Å². The first-order valence-corrected chi connectivity index (χ1v) is 27.4. The number of nitrogens with zero attached hydrogens (tertiary/aromatic N) is 1. The van der Waals surface area contributed by atoms with Crippen LogP contribution in [0.5, 0.6) is 5.75 Å². The lowest BCUT2D eigenvalue weighted by Crippen LogP contribution is -2.68. The molecule has 1 amide bonds. The molecule has 388 valence electrons. The van der Waals surface area contributed by atoms with E-state index in [9.17, 15) is 23.5 Å². The predicted molar refractivity (Wildman–Crippen MR) is 286 cm³/mol. The Morgan fingerprint density at radius 3 is 1.71 bits per heavy atom. The highest BCUT2D eigenvalue weighted by atomic mass is 28.4. The third kappa shape index (κ3) is 12.2. The third-order valence-electron chi connectivity index (χ3n) is 14.2. The largest absolute Gasteiger partial charge is 0.462 e. The fourth-order valence-electron chi connectivity index (χ4n) is 10.5. The molecule has 2 fully saturated rings. The van der Waals surface area contributed by atoms with Crippen molar-refractivity contribution in [2.24, 2.45) is 5.92 Å². The molecule has 7 aromatic carbocycles. The van der Waals surface area contributed by atoms with Gasteiger partial charge in [0.25, 0.3) is 8.32 Å². The normalized spacial score (nSPS) is 21.2. The number of aliphatic hydroxyl groups excluding tert-OH is 1. The summed E-state index contributed by atoms with van der Waals surface area (Å²) in [7, 11) is -3.11. The molecular weight excluding hydrogens is 969 g/mol. The molecule has 2 aliphatic rings. The number of halogens is 2. The van der Waals surface area contributed by atoms with Gasteiger partial charge in [0.15, 0.2) is 0 Å². The summed E-state index contributed by atoms with van der Waals surface area (Å²) in [5, 5.41) is 14.4. The van der Waals surface area contributed by atoms with Gasteiger partial charge in [0, 0.05) is 12.6 Å². The van der Waals surface area contributed by atoms with Gasteiger partial charge in [-0.15, -0.1) is 0 Å². The van der Waals surface area contributed by atoms with Crippen LogP contribution in [0, 0.1) is 17.6 Å². The summed E-state index contributed by atoms with van der Waals surface area (Å²) in [5.41, 5.74) is 3.73. The number of β-lactam (4-membered cyclic amide) rings is 1. The number of carbonyl (C=O) groups excluding carboxylic acids is 2. The minimum absolute atomic E-state index is 0.000359. The zero-order valence-electron chi connectivity index (χ0n) is 42.5. The van der Waals surface area contributed by atoms with Gasteiger partial charge in [-0.2, -0.15) is 0 Å². The zero-order valence-corrected chi connectivity index (χ0v) is 43.5. The maximum atomic E-state index is 14.2. The number of aliphatic hydroxyl groups is 1. The van der Waals surface area contributed by atoms with E-state index in [0.717, 1.165) is 27.1 Å². The van der Waals surface area contributed by atoms with Crippen LogP contribution in [0.1, 0.15) is 74.9 Å². The monoisotopic (exact) mass is 1030 g/mol. The molecule has 7 aromatic rings. The fourth-order valence-corrected chi connectivity index (χ4v) is 15.0. The van der Waals surface area contributed by atoms with Crippen molar-refractivity contribution in [1.29, 1.82) is 0 Å². The molecule has 9 rings (SSSR count). The van der Waals surface area contributed by atoms with E-state index >= 15 is 0 Å². The van der Waals surface area contributed by atoms with Crippen LogP contribution in [0.4, 0.5) is 14.5 Å². The number of hydrogen-bond donors (Lipinski definition) is 1. The van der Waals surface area contributed by atoms with E-state index in [2.05, 4.69) is 45.0 Å². The summed E-state index contributed by atoms with van der Waals surface area (Å²) in [6.45, 7) is 8.25. The highest BCUT2D eigenvalue weighted by molar-refractivity contribution is 6.99. The van der Waals surface area contributed by atoms with Crippen molar-refractivity contribution in [3.63, 3.8) is 0 Å². The Morgan fingerprint density at radius 1 is 0.680 bits per heavy atom. The van der Waals surface area contributed by atoms with E-state index in [1.165, 1.54) is 31.2 Å². The second kappa shape index (κ2) is 23.8. The molecule has 0 unspecified atom stereocenters. The lowest BCUT2D eigenvalue weighted by atomic mass is 9.78. The van der Waals surface area contributed by atoms with Gasteiger partial charge >= 0.3 is 5.97 Å². The quantitative estimate of drug-likeness (QED) is 0.0453. The number of rotatable bonds is 20. The van der Waals surface area contributed by atoms with Crippen LogP contribution >= 0.6 is 0 Å². The first kappa shape index (κ1) is 53.0. The maximum absolute atomic E-state index is 14.2. The topological polar surface area (TPSA) is 113 Å². The Bertz CT molecular complexity index is 2890. The van der Waals surface area contributed by atoms with Crippen molar-refractivity contribution in [3.8, 4) is 5.75 Å². The average Bonchev–Trinajstić information content (AvgIpc) is 3.42. The minimum Gasteiger partial charge on any atom is -0.462 e. The van der Waals surface area contributed by atoms with E-state index in [4.69, 9.17) is 28.1 Å². The van der Waals surface area contributed by atoms with Crippen LogP contribution in [0.2, 0.25) is 5.04 Å². The molecular formula is C62H63F2NO9Si. The third-order valence-corrected chi connectivity index (χ3v) is 19.2. The lowest BCUT2D eigenvalue weighted by molar-refractivity contribution is -0.298. The molecule has 10 nitrogen and oxygen atoms in total. The van der Waals surface area contributed by atoms with Crippen LogP contribution in [-0.4, -0.2) is 62.6 Å². The van der Waals surface area contributed by atoms with Gasteiger partial charge in [0.1, 0.15) is 47.9 Å². The van der Waals surface area contributed by atoms with E-state index in [-0.39, 0.29) is 30.8 Å². The number of esters is 1. The van der Waals surface area contributed by atoms with Crippen molar-refractivity contribution in [2.45, 2.75) is 102 Å². The number of anilines is 1. The van der Waals surface area contributed by atoms with E-state index in [1.807, 2.05) is 109 Å². The highest BCUT2D eigenvalue weighted by Crippen LogP contribution is 2.47. The minimum atomic E-state index is -3.11. The van der Waals surface area contributed by atoms with Gasteiger partial charge in [-0.25, -0.2) is 8.78 Å². The summed E-state index contributed by atoms with van der Waals surface area (Å²) in [5.74, 6) is -1.65. The van der Waals surface area contributed by atoms with Crippen molar-refractivity contribution in [1.82, 2.24) is 0 Å². The van der Waals surface area contributed by atoms with E-state index < -0.39 is 74.7 Å². The molecule has 0 aromatic heterocycles. The molecule has 0 saturated carbocycles. The number of ether oxygens (including phenoxy) is 5. The molecule has 2 heterocycles. The molecule has 8 atom stereocenters. The zero-order chi connectivity index (χ0) is 52.5.